The van der Waals surface area contributed by atoms with Crippen molar-refractivity contribution >= 4 is 21.8 Å². The van der Waals surface area contributed by atoms with Crippen LogP contribution in [0.3, 0.4) is 0 Å². The van der Waals surface area contributed by atoms with E-state index in [1.54, 1.807) is 14.0 Å². The van der Waals surface area contributed by atoms with Gasteiger partial charge in [0.1, 0.15) is 11.5 Å². The first-order chi connectivity index (χ1) is 11.1. The van der Waals surface area contributed by atoms with Crippen LogP contribution in [-0.2, 0) is 11.2 Å². The number of carbonyl (C=O) groups excluding carboxylic acids is 1. The third-order valence-electron chi connectivity index (χ3n) is 3.37. The number of rotatable bonds is 7. The summed E-state index contributed by atoms with van der Waals surface area (Å²) in [5, 5.41) is 2.89. The highest BCUT2D eigenvalue weighted by atomic mass is 79.9. The van der Waals surface area contributed by atoms with Gasteiger partial charge in [0.25, 0.3) is 5.91 Å². The molecule has 2 rings (SSSR count). The normalized spacial score (nSPS) is 11.6. The maximum atomic E-state index is 12.0. The zero-order valence-corrected chi connectivity index (χ0v) is 14.8. The molecule has 0 saturated heterocycles. The van der Waals surface area contributed by atoms with Gasteiger partial charge in [-0.25, -0.2) is 0 Å². The predicted octanol–water partition coefficient (Wildman–Crippen LogP) is 3.58. The SMILES string of the molecule is COc1ccc(CCNC(=O)[C@H](C)Oc2ccc(Br)cc2)cc1. The van der Waals surface area contributed by atoms with E-state index in [-0.39, 0.29) is 5.91 Å². The van der Waals surface area contributed by atoms with Gasteiger partial charge in [0.15, 0.2) is 6.10 Å². The van der Waals surface area contributed by atoms with Crippen LogP contribution in [0.15, 0.2) is 53.0 Å². The van der Waals surface area contributed by atoms with Gasteiger partial charge in [-0.1, -0.05) is 28.1 Å². The fourth-order valence-corrected chi connectivity index (χ4v) is 2.30. The Morgan fingerprint density at radius 2 is 1.70 bits per heavy atom. The molecule has 0 radical (unpaired) electrons. The monoisotopic (exact) mass is 377 g/mol. The average Bonchev–Trinajstić information content (AvgIpc) is 2.57. The van der Waals surface area contributed by atoms with Gasteiger partial charge in [0.05, 0.1) is 7.11 Å². The predicted molar refractivity (Wildman–Crippen MR) is 93.9 cm³/mol. The highest BCUT2D eigenvalue weighted by molar-refractivity contribution is 9.10. The molecule has 122 valence electrons. The molecule has 1 atom stereocenters. The van der Waals surface area contributed by atoms with Gasteiger partial charge in [-0.15, -0.1) is 0 Å². The molecule has 0 aliphatic carbocycles. The summed E-state index contributed by atoms with van der Waals surface area (Å²) in [4.78, 5) is 12.0. The molecule has 0 fully saturated rings. The minimum Gasteiger partial charge on any atom is -0.497 e. The molecular weight excluding hydrogens is 358 g/mol. The summed E-state index contributed by atoms with van der Waals surface area (Å²) < 4.78 is 11.7. The molecule has 0 bridgehead atoms. The number of hydrogen-bond acceptors (Lipinski definition) is 3. The van der Waals surface area contributed by atoms with Crippen molar-refractivity contribution in [3.05, 3.63) is 58.6 Å². The van der Waals surface area contributed by atoms with Gasteiger partial charge >= 0.3 is 0 Å². The molecule has 1 N–H and O–H groups in total. The van der Waals surface area contributed by atoms with Crippen LogP contribution in [0.1, 0.15) is 12.5 Å². The first-order valence-corrected chi connectivity index (χ1v) is 8.20. The van der Waals surface area contributed by atoms with Crippen LogP contribution in [-0.4, -0.2) is 25.7 Å². The van der Waals surface area contributed by atoms with Gasteiger partial charge in [0, 0.05) is 11.0 Å². The number of benzene rings is 2. The van der Waals surface area contributed by atoms with Gasteiger partial charge in [-0.3, -0.25) is 4.79 Å². The van der Waals surface area contributed by atoms with Crippen molar-refractivity contribution in [2.75, 3.05) is 13.7 Å². The number of amides is 1. The van der Waals surface area contributed by atoms with Crippen molar-refractivity contribution in [1.82, 2.24) is 5.32 Å². The summed E-state index contributed by atoms with van der Waals surface area (Å²) in [6, 6.07) is 15.2. The number of nitrogens with one attached hydrogen (secondary N) is 1. The van der Waals surface area contributed by atoms with E-state index in [0.29, 0.717) is 12.3 Å². The lowest BCUT2D eigenvalue weighted by Crippen LogP contribution is -2.37. The van der Waals surface area contributed by atoms with Gasteiger partial charge in [-0.05, 0) is 55.3 Å². The summed E-state index contributed by atoms with van der Waals surface area (Å²) in [7, 11) is 1.64. The topological polar surface area (TPSA) is 47.6 Å². The molecule has 5 heteroatoms. The Hall–Kier alpha value is -2.01. The van der Waals surface area contributed by atoms with Crippen molar-refractivity contribution in [1.29, 1.82) is 0 Å². The molecule has 0 saturated carbocycles. The van der Waals surface area contributed by atoms with Crippen LogP contribution in [0.25, 0.3) is 0 Å². The minimum atomic E-state index is -0.535. The smallest absolute Gasteiger partial charge is 0.260 e. The molecular formula is C18H20BrNO3. The zero-order valence-electron chi connectivity index (χ0n) is 13.2. The number of methoxy groups -OCH3 is 1. The molecule has 1 amide bonds. The van der Waals surface area contributed by atoms with Gasteiger partial charge in [-0.2, -0.15) is 0 Å². The molecule has 0 aliphatic heterocycles. The van der Waals surface area contributed by atoms with Crippen molar-refractivity contribution in [3.63, 3.8) is 0 Å². The Kier molecular flexibility index (Phi) is 6.47. The Balaban J connectivity index is 1.75. The Bertz CT molecular complexity index is 626. The van der Waals surface area contributed by atoms with Crippen LogP contribution in [0.4, 0.5) is 0 Å². The van der Waals surface area contributed by atoms with E-state index < -0.39 is 6.10 Å². The van der Waals surface area contributed by atoms with Gasteiger partial charge in [0.2, 0.25) is 0 Å². The van der Waals surface area contributed by atoms with E-state index in [1.165, 1.54) is 0 Å². The highest BCUT2D eigenvalue weighted by Crippen LogP contribution is 2.17. The highest BCUT2D eigenvalue weighted by Gasteiger charge is 2.13. The molecule has 0 aromatic heterocycles. The first-order valence-electron chi connectivity index (χ1n) is 7.41. The van der Waals surface area contributed by atoms with Crippen molar-refractivity contribution < 1.29 is 14.3 Å². The first kappa shape index (κ1) is 17.3. The van der Waals surface area contributed by atoms with Crippen molar-refractivity contribution in [2.45, 2.75) is 19.4 Å². The fraction of sp³-hybridized carbons (Fsp3) is 0.278. The standard InChI is InChI=1S/C18H20BrNO3/c1-13(23-17-9-5-15(19)6-10-17)18(21)20-12-11-14-3-7-16(22-2)8-4-14/h3-10,13H,11-12H2,1-2H3,(H,20,21)/t13-/m0/s1. The lowest BCUT2D eigenvalue weighted by Gasteiger charge is -2.14. The molecule has 0 heterocycles. The largest absolute Gasteiger partial charge is 0.497 e. The lowest BCUT2D eigenvalue weighted by atomic mass is 10.1. The third-order valence-corrected chi connectivity index (χ3v) is 3.90. The lowest BCUT2D eigenvalue weighted by molar-refractivity contribution is -0.127. The van der Waals surface area contributed by atoms with Crippen LogP contribution in [0.5, 0.6) is 11.5 Å². The minimum absolute atomic E-state index is 0.124. The molecule has 23 heavy (non-hydrogen) atoms. The van der Waals surface area contributed by atoms with Crippen LogP contribution in [0.2, 0.25) is 0 Å². The second-order valence-electron chi connectivity index (χ2n) is 5.10. The average molecular weight is 378 g/mol. The molecule has 4 nitrogen and oxygen atoms in total. The second kappa shape index (κ2) is 8.58. The molecule has 0 spiro atoms. The van der Waals surface area contributed by atoms with Crippen LogP contribution < -0.4 is 14.8 Å². The van der Waals surface area contributed by atoms with E-state index in [4.69, 9.17) is 9.47 Å². The molecule has 0 aliphatic rings. The number of hydrogen-bond donors (Lipinski definition) is 1. The van der Waals surface area contributed by atoms with E-state index in [9.17, 15) is 4.79 Å². The summed E-state index contributed by atoms with van der Waals surface area (Å²) in [6.45, 7) is 2.31. The zero-order chi connectivity index (χ0) is 16.7. The molecule has 2 aromatic carbocycles. The van der Waals surface area contributed by atoms with Gasteiger partial charge < -0.3 is 14.8 Å². The fourth-order valence-electron chi connectivity index (χ4n) is 2.04. The second-order valence-corrected chi connectivity index (χ2v) is 6.02. The number of ether oxygens (including phenoxy) is 2. The van der Waals surface area contributed by atoms with Crippen molar-refractivity contribution in [2.24, 2.45) is 0 Å². The summed E-state index contributed by atoms with van der Waals surface area (Å²) >= 11 is 3.36. The summed E-state index contributed by atoms with van der Waals surface area (Å²) in [5.41, 5.74) is 1.15. The van der Waals surface area contributed by atoms with E-state index in [2.05, 4.69) is 21.2 Å². The van der Waals surface area contributed by atoms with E-state index in [0.717, 1.165) is 22.2 Å². The Morgan fingerprint density at radius 3 is 2.30 bits per heavy atom. The van der Waals surface area contributed by atoms with E-state index in [1.807, 2.05) is 48.5 Å². The number of halogens is 1. The molecule has 2 aromatic rings. The third kappa shape index (κ3) is 5.60. The summed E-state index contributed by atoms with van der Waals surface area (Å²) in [5.74, 6) is 1.38. The summed E-state index contributed by atoms with van der Waals surface area (Å²) in [6.07, 6.45) is 0.229. The van der Waals surface area contributed by atoms with Crippen LogP contribution >= 0.6 is 15.9 Å². The quantitative estimate of drug-likeness (QED) is 0.801. The Labute approximate surface area is 144 Å². The van der Waals surface area contributed by atoms with Crippen LogP contribution in [0, 0.1) is 0 Å². The maximum Gasteiger partial charge on any atom is 0.260 e. The molecule has 0 unspecified atom stereocenters. The number of carbonyl (C=O) groups is 1. The Morgan fingerprint density at radius 1 is 1.09 bits per heavy atom. The van der Waals surface area contributed by atoms with E-state index >= 15 is 0 Å². The maximum absolute atomic E-state index is 12.0. The van der Waals surface area contributed by atoms with Crippen molar-refractivity contribution in [3.8, 4) is 11.5 Å².